The summed E-state index contributed by atoms with van der Waals surface area (Å²) in [4.78, 5) is 20.5. The van der Waals surface area contributed by atoms with Gasteiger partial charge in [-0.1, -0.05) is 23.7 Å². The monoisotopic (exact) mass is 412 g/mol. The molecular formula is C19H17ClN6O3. The van der Waals surface area contributed by atoms with Gasteiger partial charge in [0.05, 0.1) is 10.6 Å². The van der Waals surface area contributed by atoms with Crippen LogP contribution in [0.2, 0.25) is 5.02 Å². The van der Waals surface area contributed by atoms with Gasteiger partial charge in [-0.15, -0.1) is 0 Å². The predicted molar refractivity (Wildman–Crippen MR) is 110 cm³/mol. The van der Waals surface area contributed by atoms with Gasteiger partial charge in [-0.25, -0.2) is 9.97 Å². The van der Waals surface area contributed by atoms with E-state index in [9.17, 15) is 4.79 Å². The number of nitrogens with zero attached hydrogens (tertiary/aromatic N) is 2. The standard InChI is InChI=1S/C19H17ClN6O3/c20-13-4-2-1-3-12(13)19(27)26-25-18-16(21)17(22-10-23-18)24-11-5-6-14-15(9-11)29-8-7-28-14/h1-6,9-10H,7-8,21H2,(H,26,27)(H2,22,23,24,25). The third-order valence-electron chi connectivity index (χ3n) is 4.10. The van der Waals surface area contributed by atoms with Crippen LogP contribution in [0.1, 0.15) is 10.4 Å². The molecule has 3 aromatic rings. The number of fused-ring (bicyclic) bond motifs is 1. The minimum absolute atomic E-state index is 0.224. The van der Waals surface area contributed by atoms with Crippen molar-refractivity contribution in [3.63, 3.8) is 0 Å². The van der Waals surface area contributed by atoms with Crippen LogP contribution in [0.3, 0.4) is 0 Å². The third-order valence-corrected chi connectivity index (χ3v) is 4.43. The molecule has 0 fully saturated rings. The van der Waals surface area contributed by atoms with Gasteiger partial charge in [0.15, 0.2) is 23.1 Å². The molecule has 1 aliphatic rings. The first-order valence-electron chi connectivity index (χ1n) is 8.70. The summed E-state index contributed by atoms with van der Waals surface area (Å²) >= 11 is 6.03. The van der Waals surface area contributed by atoms with Crippen LogP contribution in [0.15, 0.2) is 48.8 Å². The van der Waals surface area contributed by atoms with Crippen molar-refractivity contribution in [2.75, 3.05) is 29.7 Å². The van der Waals surface area contributed by atoms with E-state index in [1.165, 1.54) is 6.33 Å². The molecule has 4 rings (SSSR count). The van der Waals surface area contributed by atoms with Crippen molar-refractivity contribution in [2.24, 2.45) is 0 Å². The number of ether oxygens (including phenoxy) is 2. The number of benzene rings is 2. The minimum Gasteiger partial charge on any atom is -0.486 e. The van der Waals surface area contributed by atoms with Crippen molar-refractivity contribution in [2.45, 2.75) is 0 Å². The van der Waals surface area contributed by atoms with E-state index in [2.05, 4.69) is 26.1 Å². The van der Waals surface area contributed by atoms with Gasteiger partial charge < -0.3 is 20.5 Å². The molecule has 0 atom stereocenters. The Morgan fingerprint density at radius 3 is 2.62 bits per heavy atom. The Morgan fingerprint density at radius 1 is 1.03 bits per heavy atom. The molecule has 0 saturated carbocycles. The number of hydrazine groups is 1. The van der Waals surface area contributed by atoms with E-state index >= 15 is 0 Å². The van der Waals surface area contributed by atoms with Crippen molar-refractivity contribution in [1.82, 2.24) is 15.4 Å². The minimum atomic E-state index is -0.421. The van der Waals surface area contributed by atoms with Crippen LogP contribution >= 0.6 is 11.6 Å². The molecule has 29 heavy (non-hydrogen) atoms. The van der Waals surface area contributed by atoms with Gasteiger partial charge in [0, 0.05) is 11.8 Å². The molecule has 1 amide bonds. The maximum atomic E-state index is 12.3. The largest absolute Gasteiger partial charge is 0.486 e. The summed E-state index contributed by atoms with van der Waals surface area (Å²) in [6.45, 7) is 1.01. The average molecular weight is 413 g/mol. The molecule has 5 N–H and O–H groups in total. The molecule has 0 saturated heterocycles. The molecule has 9 nitrogen and oxygen atoms in total. The number of carbonyl (C=O) groups excluding carboxylic acids is 1. The van der Waals surface area contributed by atoms with Crippen LogP contribution in [0.25, 0.3) is 0 Å². The topological polar surface area (TPSA) is 123 Å². The number of nitrogen functional groups attached to an aromatic ring is 1. The van der Waals surface area contributed by atoms with Crippen molar-refractivity contribution in [3.8, 4) is 11.5 Å². The number of hydrogen-bond donors (Lipinski definition) is 4. The van der Waals surface area contributed by atoms with E-state index in [-0.39, 0.29) is 11.5 Å². The van der Waals surface area contributed by atoms with E-state index in [1.54, 1.807) is 36.4 Å². The summed E-state index contributed by atoms with van der Waals surface area (Å²) in [5.74, 6) is 1.50. The molecule has 1 aliphatic heterocycles. The van der Waals surface area contributed by atoms with Crippen molar-refractivity contribution < 1.29 is 14.3 Å². The second-order valence-electron chi connectivity index (χ2n) is 6.03. The number of nitrogens with one attached hydrogen (secondary N) is 3. The first-order valence-corrected chi connectivity index (χ1v) is 9.07. The molecule has 10 heteroatoms. The quantitative estimate of drug-likeness (QED) is 0.471. The predicted octanol–water partition coefficient (Wildman–Crippen LogP) is 2.98. The summed E-state index contributed by atoms with van der Waals surface area (Å²) in [5.41, 5.74) is 12.6. The van der Waals surface area contributed by atoms with E-state index < -0.39 is 5.91 Å². The van der Waals surface area contributed by atoms with Gasteiger partial charge in [0.25, 0.3) is 5.91 Å². The summed E-state index contributed by atoms with van der Waals surface area (Å²) in [5, 5.41) is 3.44. The summed E-state index contributed by atoms with van der Waals surface area (Å²) < 4.78 is 11.1. The van der Waals surface area contributed by atoms with Crippen molar-refractivity contribution in [1.29, 1.82) is 0 Å². The van der Waals surface area contributed by atoms with Crippen LogP contribution in [-0.4, -0.2) is 29.1 Å². The third kappa shape index (κ3) is 4.09. The number of amides is 1. The van der Waals surface area contributed by atoms with E-state index in [4.69, 9.17) is 26.8 Å². The highest BCUT2D eigenvalue weighted by atomic mass is 35.5. The van der Waals surface area contributed by atoms with Gasteiger partial charge >= 0.3 is 0 Å². The van der Waals surface area contributed by atoms with Gasteiger partial charge in [-0.3, -0.25) is 15.6 Å². The highest BCUT2D eigenvalue weighted by Gasteiger charge is 2.15. The summed E-state index contributed by atoms with van der Waals surface area (Å²) in [6.07, 6.45) is 1.32. The number of anilines is 4. The molecule has 0 aliphatic carbocycles. The zero-order valence-corrected chi connectivity index (χ0v) is 15.9. The Hall–Kier alpha value is -3.72. The Kier molecular flexibility index (Phi) is 5.21. The fraction of sp³-hybridized carbons (Fsp3) is 0.105. The molecule has 148 valence electrons. The molecule has 1 aromatic heterocycles. The molecule has 0 unspecified atom stereocenters. The highest BCUT2D eigenvalue weighted by Crippen LogP contribution is 2.34. The fourth-order valence-corrected chi connectivity index (χ4v) is 2.90. The smallest absolute Gasteiger partial charge is 0.271 e. The molecule has 0 radical (unpaired) electrons. The zero-order chi connectivity index (χ0) is 20.2. The molecule has 2 aromatic carbocycles. The van der Waals surface area contributed by atoms with Crippen LogP contribution in [-0.2, 0) is 0 Å². The molecule has 0 spiro atoms. The maximum absolute atomic E-state index is 12.3. The summed E-state index contributed by atoms with van der Waals surface area (Å²) in [7, 11) is 0. The Balaban J connectivity index is 1.47. The fourth-order valence-electron chi connectivity index (χ4n) is 2.68. The van der Waals surface area contributed by atoms with Crippen molar-refractivity contribution >= 4 is 40.5 Å². The van der Waals surface area contributed by atoms with E-state index in [0.717, 1.165) is 0 Å². The van der Waals surface area contributed by atoms with Gasteiger partial charge in [-0.2, -0.15) is 0 Å². The van der Waals surface area contributed by atoms with Crippen LogP contribution < -0.4 is 31.4 Å². The SMILES string of the molecule is Nc1c(NNC(=O)c2ccccc2Cl)ncnc1Nc1ccc2c(c1)OCCO2. The number of rotatable bonds is 5. The average Bonchev–Trinajstić information content (AvgIpc) is 2.74. The van der Waals surface area contributed by atoms with Crippen LogP contribution in [0.5, 0.6) is 11.5 Å². The molecular weight excluding hydrogens is 396 g/mol. The Labute approximate surface area is 171 Å². The number of hydrogen-bond acceptors (Lipinski definition) is 8. The lowest BCUT2D eigenvalue weighted by Gasteiger charge is -2.19. The lowest BCUT2D eigenvalue weighted by molar-refractivity contribution is 0.0962. The van der Waals surface area contributed by atoms with Gasteiger partial charge in [0.2, 0.25) is 0 Å². The van der Waals surface area contributed by atoms with Gasteiger partial charge in [-0.05, 0) is 24.3 Å². The first kappa shape index (κ1) is 18.6. The summed E-state index contributed by atoms with van der Waals surface area (Å²) in [6, 6.07) is 12.1. The van der Waals surface area contributed by atoms with E-state index in [0.29, 0.717) is 46.8 Å². The Morgan fingerprint density at radius 2 is 1.79 bits per heavy atom. The second kappa shape index (κ2) is 8.11. The van der Waals surface area contributed by atoms with Crippen molar-refractivity contribution in [3.05, 3.63) is 59.4 Å². The highest BCUT2D eigenvalue weighted by molar-refractivity contribution is 6.33. The normalized spacial score (nSPS) is 12.2. The molecule has 2 heterocycles. The van der Waals surface area contributed by atoms with E-state index in [1.807, 2.05) is 6.07 Å². The number of carbonyl (C=O) groups is 1. The van der Waals surface area contributed by atoms with Crippen LogP contribution in [0.4, 0.5) is 23.0 Å². The number of nitrogens with two attached hydrogens (primary N) is 1. The second-order valence-corrected chi connectivity index (χ2v) is 6.43. The maximum Gasteiger partial charge on any atom is 0.271 e. The number of halogens is 1. The Bertz CT molecular complexity index is 1060. The molecule has 0 bridgehead atoms. The lowest BCUT2D eigenvalue weighted by atomic mass is 10.2. The number of aromatic nitrogens is 2. The van der Waals surface area contributed by atoms with Crippen LogP contribution in [0, 0.1) is 0 Å². The first-order chi connectivity index (χ1) is 14.1. The lowest BCUT2D eigenvalue weighted by Crippen LogP contribution is -2.30. The zero-order valence-electron chi connectivity index (χ0n) is 15.1. The van der Waals surface area contributed by atoms with Gasteiger partial charge in [0.1, 0.15) is 25.2 Å².